The molecule has 0 aliphatic carbocycles. The Kier molecular flexibility index (Phi) is 20.9. The molecule has 0 saturated carbocycles. The second-order valence-electron chi connectivity index (χ2n) is 32.2. The summed E-state index contributed by atoms with van der Waals surface area (Å²) in [6.45, 7) is 17.8. The van der Waals surface area contributed by atoms with Crippen molar-refractivity contribution in [3.05, 3.63) is 433 Å². The highest BCUT2D eigenvalue weighted by Gasteiger charge is 2.23. The van der Waals surface area contributed by atoms with E-state index in [1.807, 2.05) is 85.6 Å². The molecule has 0 atom stereocenters. The molecule has 19 aromatic rings. The molecule has 6 nitrogen and oxygen atoms in total. The van der Waals surface area contributed by atoms with Crippen LogP contribution < -0.4 is 0 Å². The van der Waals surface area contributed by atoms with Crippen molar-refractivity contribution in [2.75, 3.05) is 0 Å². The third kappa shape index (κ3) is 15.6. The topological polar surface area (TPSA) is 77.3 Å². The first-order chi connectivity index (χ1) is 59.7. The first kappa shape index (κ1) is 76.7. The molecule has 0 unspecified atom stereocenters. The van der Waals surface area contributed by atoms with E-state index in [4.69, 9.17) is 9.97 Å². The number of nitrogens with zero attached hydrogens (tertiary/aromatic N) is 6. The van der Waals surface area contributed by atoms with Gasteiger partial charge in [-0.3, -0.25) is 19.9 Å². The van der Waals surface area contributed by atoms with Gasteiger partial charge >= 0.3 is 0 Å². The summed E-state index contributed by atoms with van der Waals surface area (Å²) in [5.74, 6) is 0.651. The zero-order chi connectivity index (χ0) is 82.9. The van der Waals surface area contributed by atoms with Crippen LogP contribution in [0.2, 0.25) is 0 Å². The van der Waals surface area contributed by atoms with E-state index in [1.165, 1.54) is 77.9 Å². The molecule has 122 heavy (non-hydrogen) atoms. The molecule has 5 aromatic heterocycles. The molecule has 19 rings (SSSR count). The van der Waals surface area contributed by atoms with E-state index in [0.717, 1.165) is 162 Å². The fourth-order valence-corrected chi connectivity index (χ4v) is 17.0. The molecular weight excluding hydrogens is 1480 g/mol. The Morgan fingerprint density at radius 2 is 0.320 bits per heavy atom. The van der Waals surface area contributed by atoms with E-state index in [9.17, 15) is 0 Å². The minimum atomic E-state index is 0.651. The highest BCUT2D eigenvalue weighted by molar-refractivity contribution is 5.98. The van der Waals surface area contributed by atoms with E-state index in [0.29, 0.717) is 5.82 Å². The molecule has 5 heterocycles. The Balaban J connectivity index is 0.667. The molecule has 14 aromatic carbocycles. The summed E-state index contributed by atoms with van der Waals surface area (Å²) < 4.78 is 0. The molecule has 0 aliphatic rings. The molecule has 6 heteroatoms. The summed E-state index contributed by atoms with van der Waals surface area (Å²) in [5.41, 5.74) is 48.1. The van der Waals surface area contributed by atoms with Gasteiger partial charge in [-0.25, -0.2) is 9.97 Å². The van der Waals surface area contributed by atoms with Crippen LogP contribution >= 0.6 is 0 Å². The largest absolute Gasteiger partial charge is 0.256 e. The van der Waals surface area contributed by atoms with E-state index in [-0.39, 0.29) is 0 Å². The molecule has 0 amide bonds. The van der Waals surface area contributed by atoms with E-state index >= 15 is 0 Å². The summed E-state index contributed by atoms with van der Waals surface area (Å²) in [5, 5.41) is 0. The average molecular weight is 1570 g/mol. The normalized spacial score (nSPS) is 11.3. The minimum Gasteiger partial charge on any atom is -0.256 e. The van der Waals surface area contributed by atoms with Crippen LogP contribution in [0.15, 0.2) is 389 Å². The molecule has 0 spiro atoms. The van der Waals surface area contributed by atoms with Crippen LogP contribution in [0.4, 0.5) is 0 Å². The number of benzene rings is 14. The number of rotatable bonds is 18. The summed E-state index contributed by atoms with van der Waals surface area (Å²) in [6, 6.07) is 131. The SMILES string of the molecule is Cc1cc(-c2ccc(-c3ccccn3)cc2)c(-c2cc(-c3ccccc3-c3ccc(-c4ccnc(-c5ccc(-c6ccccc6-c6cc(-c7cc(C)c(C)cc7-c7ccc(-c8ccccn8)cc7)cc(-c7cc(C)c(C)cc7-c7ccc(-c8ccccn8)cc7)c6)cc5)n4)cc3)cc(-c3cc(C)c(C)cc3-c3ccc(-c4ccccn4)cc3)c2)cc1C. The third-order valence-electron chi connectivity index (χ3n) is 24.3. The first-order valence-electron chi connectivity index (χ1n) is 41.8. The number of aromatic nitrogens is 6. The summed E-state index contributed by atoms with van der Waals surface area (Å²) in [7, 11) is 0. The highest BCUT2D eigenvalue weighted by atomic mass is 14.9. The fourth-order valence-electron chi connectivity index (χ4n) is 17.0. The summed E-state index contributed by atoms with van der Waals surface area (Å²) in [4.78, 5) is 29.0. The standard InChI is InChI=1S/C116H88N6/c1-73-59-103(83-31-41-87(42-32-83)111-25-13-17-54-117-111)107(63-77(73)5)95-67-93(68-96(71-95)108-64-78(6)74(2)60-104(108)84-33-43-88(44-34-84)112-26-14-18-55-118-112)101-23-11-9-21-99(101)81-29-49-91(50-30-81)115-53-58-121-116(122-115)92-51-39-82(40-52-92)100-22-10-12-24-102(100)94-69-97(109-65-79(7)75(3)61-105(109)85-35-45-89(46-36-85)113-27-15-19-56-119-113)72-98(70-94)110-66-80(8)76(4)62-106(110)86-37-47-90(48-38-86)114-28-16-20-57-120-114/h9-72H,1-8H3. The summed E-state index contributed by atoms with van der Waals surface area (Å²) in [6.07, 6.45) is 9.30. The second-order valence-corrected chi connectivity index (χ2v) is 32.2. The highest BCUT2D eigenvalue weighted by Crippen LogP contribution is 2.48. The Bertz CT molecular complexity index is 6370. The first-order valence-corrected chi connectivity index (χ1v) is 41.8. The van der Waals surface area contributed by atoms with E-state index < -0.39 is 0 Å². The Labute approximate surface area is 715 Å². The maximum absolute atomic E-state index is 5.31. The quantitative estimate of drug-likeness (QED) is 0.0852. The Morgan fingerprint density at radius 1 is 0.131 bits per heavy atom. The van der Waals surface area contributed by atoms with Crippen molar-refractivity contribution in [2.45, 2.75) is 55.4 Å². The van der Waals surface area contributed by atoms with Crippen molar-refractivity contribution >= 4 is 0 Å². The number of aryl methyl sites for hydroxylation is 8. The predicted octanol–water partition coefficient (Wildman–Crippen LogP) is 30.5. The number of hydrogen-bond donors (Lipinski definition) is 0. The van der Waals surface area contributed by atoms with Crippen molar-refractivity contribution in [2.24, 2.45) is 0 Å². The van der Waals surface area contributed by atoms with E-state index in [1.54, 1.807) is 0 Å². The maximum Gasteiger partial charge on any atom is 0.159 e. The van der Waals surface area contributed by atoms with Crippen molar-refractivity contribution < 1.29 is 0 Å². The van der Waals surface area contributed by atoms with Crippen molar-refractivity contribution in [1.82, 2.24) is 29.9 Å². The molecule has 0 saturated heterocycles. The zero-order valence-corrected chi connectivity index (χ0v) is 69.6. The summed E-state index contributed by atoms with van der Waals surface area (Å²) >= 11 is 0. The molecular formula is C116H88N6. The van der Waals surface area contributed by atoms with Crippen LogP contribution in [0.1, 0.15) is 44.5 Å². The van der Waals surface area contributed by atoms with Crippen LogP contribution in [-0.2, 0) is 0 Å². The molecule has 0 fully saturated rings. The van der Waals surface area contributed by atoms with Gasteiger partial charge in [0.1, 0.15) is 0 Å². The number of hydrogen-bond acceptors (Lipinski definition) is 6. The molecule has 0 aliphatic heterocycles. The number of pyridine rings is 4. The van der Waals surface area contributed by atoms with Crippen molar-refractivity contribution in [1.29, 1.82) is 0 Å². The van der Waals surface area contributed by atoms with Crippen LogP contribution in [0.5, 0.6) is 0 Å². The van der Waals surface area contributed by atoms with Gasteiger partial charge < -0.3 is 0 Å². The second kappa shape index (κ2) is 33.3. The van der Waals surface area contributed by atoms with Crippen molar-refractivity contribution in [3.8, 4) is 201 Å². The van der Waals surface area contributed by atoms with Gasteiger partial charge in [-0.2, -0.15) is 0 Å². The van der Waals surface area contributed by atoms with E-state index in [2.05, 4.69) is 379 Å². The van der Waals surface area contributed by atoms with Gasteiger partial charge in [0.15, 0.2) is 5.82 Å². The van der Waals surface area contributed by atoms with Crippen LogP contribution in [0, 0.1) is 55.4 Å². The van der Waals surface area contributed by atoms with Crippen LogP contribution in [0.3, 0.4) is 0 Å². The zero-order valence-electron chi connectivity index (χ0n) is 69.6. The smallest absolute Gasteiger partial charge is 0.159 e. The monoisotopic (exact) mass is 1560 g/mol. The lowest BCUT2D eigenvalue weighted by Crippen LogP contribution is -1.95. The fraction of sp³-hybridized carbons (Fsp3) is 0.0690. The molecule has 0 N–H and O–H groups in total. The van der Waals surface area contributed by atoms with Gasteiger partial charge in [-0.15, -0.1) is 0 Å². The lowest BCUT2D eigenvalue weighted by atomic mass is 9.84. The van der Waals surface area contributed by atoms with Gasteiger partial charge in [-0.05, 0) is 324 Å². The molecule has 0 radical (unpaired) electrons. The lowest BCUT2D eigenvalue weighted by Gasteiger charge is -2.20. The third-order valence-corrected chi connectivity index (χ3v) is 24.3. The van der Waals surface area contributed by atoms with Crippen LogP contribution in [0.25, 0.3) is 201 Å². The van der Waals surface area contributed by atoms with Gasteiger partial charge in [0, 0.05) is 64.4 Å². The van der Waals surface area contributed by atoms with Gasteiger partial charge in [0.2, 0.25) is 0 Å². The Hall–Kier alpha value is -15.2. The maximum atomic E-state index is 5.31. The predicted molar refractivity (Wildman–Crippen MR) is 509 cm³/mol. The average Bonchev–Trinajstić information content (AvgIpc) is 0.763. The molecule has 0 bridgehead atoms. The van der Waals surface area contributed by atoms with Gasteiger partial charge in [0.05, 0.1) is 28.5 Å². The minimum absolute atomic E-state index is 0.651. The lowest BCUT2D eigenvalue weighted by molar-refractivity contribution is 1.18. The molecule has 582 valence electrons. The van der Waals surface area contributed by atoms with Crippen LogP contribution in [-0.4, -0.2) is 29.9 Å². The van der Waals surface area contributed by atoms with Gasteiger partial charge in [-0.1, -0.05) is 267 Å². The van der Waals surface area contributed by atoms with Crippen molar-refractivity contribution in [3.63, 3.8) is 0 Å². The Morgan fingerprint density at radius 3 is 0.557 bits per heavy atom. The van der Waals surface area contributed by atoms with Gasteiger partial charge in [0.25, 0.3) is 0 Å².